The third-order valence-electron chi connectivity index (χ3n) is 7.31. The van der Waals surface area contributed by atoms with E-state index in [4.69, 9.17) is 21.1 Å². The maximum absolute atomic E-state index is 15.3. The first kappa shape index (κ1) is 25.5. The van der Waals surface area contributed by atoms with Gasteiger partial charge in [0.2, 0.25) is 5.78 Å². The van der Waals surface area contributed by atoms with Crippen LogP contribution >= 0.6 is 11.6 Å². The summed E-state index contributed by atoms with van der Waals surface area (Å²) in [4.78, 5) is 31.1. The van der Waals surface area contributed by atoms with Gasteiger partial charge in [0.15, 0.2) is 0 Å². The van der Waals surface area contributed by atoms with Gasteiger partial charge in [-0.1, -0.05) is 24.3 Å². The van der Waals surface area contributed by atoms with Gasteiger partial charge in [-0.3, -0.25) is 14.2 Å². The third-order valence-corrected chi connectivity index (χ3v) is 7.48. The van der Waals surface area contributed by atoms with Crippen molar-refractivity contribution in [3.8, 4) is 22.8 Å². The Morgan fingerprint density at radius 1 is 1.15 bits per heavy atom. The fraction of sp³-hybridized carbons (Fsp3) is 0.250. The number of benzene rings is 3. The van der Waals surface area contributed by atoms with E-state index in [1.54, 1.807) is 30.3 Å². The zero-order valence-electron chi connectivity index (χ0n) is 20.3. The summed E-state index contributed by atoms with van der Waals surface area (Å²) in [6.45, 7) is -0.132. The summed E-state index contributed by atoms with van der Waals surface area (Å²) in [6, 6.07) is 12.7. The number of ether oxygens (including phenoxy) is 2. The van der Waals surface area contributed by atoms with E-state index in [0.29, 0.717) is 11.3 Å². The highest BCUT2D eigenvalue weighted by atomic mass is 35.5. The van der Waals surface area contributed by atoms with Gasteiger partial charge < -0.3 is 9.47 Å². The maximum atomic E-state index is 15.3. The molecule has 11 heteroatoms. The zero-order valence-corrected chi connectivity index (χ0v) is 21.0. The summed E-state index contributed by atoms with van der Waals surface area (Å²) >= 11 is 5.28. The van der Waals surface area contributed by atoms with Crippen LogP contribution in [0.5, 0.6) is 5.75 Å². The Balaban J connectivity index is 1.76. The second kappa shape index (κ2) is 8.89. The molecule has 39 heavy (non-hydrogen) atoms. The van der Waals surface area contributed by atoms with Gasteiger partial charge in [-0.15, -0.1) is 0 Å². The smallest absolute Gasteiger partial charge is 0.385 e. The summed E-state index contributed by atoms with van der Waals surface area (Å²) in [5, 5.41) is -4.21. The number of imidazole rings is 1. The number of aromatic nitrogens is 2. The maximum Gasteiger partial charge on any atom is 0.385 e. The highest BCUT2D eigenvalue weighted by Gasteiger charge is 2.60. The molecular weight excluding hydrogens is 540 g/mol. The van der Waals surface area contributed by atoms with Gasteiger partial charge in [-0.25, -0.2) is 4.98 Å². The monoisotopic (exact) mass is 558 g/mol. The number of fused-ring (bicyclic) bond motifs is 5. The third kappa shape index (κ3) is 3.76. The predicted molar refractivity (Wildman–Crippen MR) is 134 cm³/mol. The molecule has 0 spiro atoms. The Kier molecular flexibility index (Phi) is 5.82. The number of nitrogens with zero attached hydrogens (tertiary/aromatic N) is 2. The van der Waals surface area contributed by atoms with E-state index in [-0.39, 0.29) is 40.9 Å². The first-order valence-electron chi connectivity index (χ1n) is 12.0. The Labute approximate surface area is 224 Å². The van der Waals surface area contributed by atoms with E-state index in [1.165, 1.54) is 42.3 Å². The second-order valence-corrected chi connectivity index (χ2v) is 9.85. The minimum Gasteiger partial charge on any atom is -0.497 e. The van der Waals surface area contributed by atoms with Crippen molar-refractivity contribution in [3.05, 3.63) is 77.6 Å². The van der Waals surface area contributed by atoms with E-state index in [9.17, 15) is 18.4 Å². The van der Waals surface area contributed by atoms with Gasteiger partial charge in [0.25, 0.3) is 5.78 Å². The molecule has 6 nitrogen and oxygen atoms in total. The molecular formula is C28H19ClF4N2O4. The van der Waals surface area contributed by atoms with Crippen molar-refractivity contribution < 1.29 is 36.6 Å². The van der Waals surface area contributed by atoms with Crippen LogP contribution in [0.15, 0.2) is 60.9 Å². The standard InChI is InChI=1S/C28H19ClF4N2O4/c1-38-15-8-6-14(7-9-15)26-34-11-12-35(26)22-17-5-3-2-4-16(17)19-20(21(22)25(37)28(29,32)33)23-18(10-13-39-23)27(30,31)24(19)36/h2-9,11-12,18,23H,10,13H2,1H3/t18-,23+/m0/s1. The van der Waals surface area contributed by atoms with Crippen LogP contribution in [0.25, 0.3) is 27.8 Å². The molecule has 4 aromatic rings. The van der Waals surface area contributed by atoms with Crippen LogP contribution < -0.4 is 4.74 Å². The Hall–Kier alpha value is -3.76. The zero-order chi connectivity index (χ0) is 27.7. The van der Waals surface area contributed by atoms with E-state index < -0.39 is 46.0 Å². The van der Waals surface area contributed by atoms with Gasteiger partial charge in [0.1, 0.15) is 11.6 Å². The summed E-state index contributed by atoms with van der Waals surface area (Å²) in [5.74, 6) is -7.97. The number of hydrogen-bond donors (Lipinski definition) is 0. The lowest BCUT2D eigenvalue weighted by Crippen LogP contribution is -2.45. The minimum atomic E-state index is -4.40. The number of carbonyl (C=O) groups is 2. The van der Waals surface area contributed by atoms with Gasteiger partial charge in [0, 0.05) is 41.1 Å². The number of alkyl halides is 5. The molecule has 1 aliphatic carbocycles. The number of Topliss-reactive ketones (excluding diaryl/α,β-unsaturated/α-hetero) is 2. The van der Waals surface area contributed by atoms with Gasteiger partial charge >= 0.3 is 11.3 Å². The lowest BCUT2D eigenvalue weighted by molar-refractivity contribution is -0.0631. The van der Waals surface area contributed by atoms with Crippen molar-refractivity contribution in [3.63, 3.8) is 0 Å². The highest BCUT2D eigenvalue weighted by Crippen LogP contribution is 2.55. The van der Waals surface area contributed by atoms with Gasteiger partial charge in [-0.05, 0) is 47.7 Å². The number of ketones is 2. The Bertz CT molecular complexity index is 1650. The van der Waals surface area contributed by atoms with Crippen LogP contribution in [0.4, 0.5) is 17.6 Å². The molecule has 0 saturated carbocycles. The number of hydrogen-bond acceptors (Lipinski definition) is 5. The molecule has 1 aromatic heterocycles. The lowest BCUT2D eigenvalue weighted by atomic mass is 9.73. The lowest BCUT2D eigenvalue weighted by Gasteiger charge is -2.36. The molecule has 0 radical (unpaired) electrons. The average Bonchev–Trinajstić information content (AvgIpc) is 3.61. The first-order valence-corrected chi connectivity index (χ1v) is 12.4. The van der Waals surface area contributed by atoms with Crippen LogP contribution in [0, 0.1) is 5.92 Å². The summed E-state index contributed by atoms with van der Waals surface area (Å²) in [5.41, 5.74) is -0.988. The molecule has 1 fully saturated rings. The largest absolute Gasteiger partial charge is 0.497 e. The SMILES string of the molecule is COc1ccc(-c2nccn2-c2c(C(=O)C(F)(F)Cl)c3c(c4ccccc24)C(=O)C(F)(F)[C@H]2CCO[C@@H]32)cc1. The summed E-state index contributed by atoms with van der Waals surface area (Å²) in [7, 11) is 1.50. The molecule has 2 aliphatic rings. The van der Waals surface area contributed by atoms with E-state index in [1.807, 2.05) is 0 Å². The molecule has 2 heterocycles. The molecule has 0 N–H and O–H groups in total. The quantitative estimate of drug-likeness (QED) is 0.156. The average molecular weight is 559 g/mol. The number of carbonyl (C=O) groups excluding carboxylic acids is 2. The molecule has 0 amide bonds. The van der Waals surface area contributed by atoms with Crippen LogP contribution in [-0.4, -0.2) is 46.1 Å². The number of methoxy groups -OCH3 is 1. The van der Waals surface area contributed by atoms with Crippen molar-refractivity contribution >= 4 is 33.9 Å². The molecule has 6 rings (SSSR count). The molecule has 200 valence electrons. The van der Waals surface area contributed by atoms with Gasteiger partial charge in [-0.2, -0.15) is 17.6 Å². The summed E-state index contributed by atoms with van der Waals surface area (Å²) < 4.78 is 72.1. The van der Waals surface area contributed by atoms with Gasteiger partial charge in [0.05, 0.1) is 30.4 Å². The van der Waals surface area contributed by atoms with E-state index in [2.05, 4.69) is 4.98 Å². The van der Waals surface area contributed by atoms with Crippen LogP contribution in [0.2, 0.25) is 0 Å². The van der Waals surface area contributed by atoms with Crippen molar-refractivity contribution in [1.82, 2.24) is 9.55 Å². The minimum absolute atomic E-state index is 0.0646. The van der Waals surface area contributed by atoms with Crippen molar-refractivity contribution in [1.29, 1.82) is 0 Å². The van der Waals surface area contributed by atoms with E-state index >= 15 is 8.78 Å². The van der Waals surface area contributed by atoms with Crippen molar-refractivity contribution in [2.24, 2.45) is 5.92 Å². The van der Waals surface area contributed by atoms with Crippen molar-refractivity contribution in [2.45, 2.75) is 23.8 Å². The molecule has 1 aliphatic heterocycles. The van der Waals surface area contributed by atoms with E-state index in [0.717, 1.165) is 0 Å². The highest BCUT2D eigenvalue weighted by molar-refractivity contribution is 6.37. The van der Waals surface area contributed by atoms with Crippen LogP contribution in [0.3, 0.4) is 0 Å². The van der Waals surface area contributed by atoms with Crippen LogP contribution in [0.1, 0.15) is 38.8 Å². The van der Waals surface area contributed by atoms with Crippen LogP contribution in [-0.2, 0) is 4.74 Å². The number of rotatable bonds is 5. The fourth-order valence-corrected chi connectivity index (χ4v) is 5.70. The normalized spacial score (nSPS) is 20.1. The molecule has 2 atom stereocenters. The first-order chi connectivity index (χ1) is 18.6. The Morgan fingerprint density at radius 3 is 2.51 bits per heavy atom. The molecule has 0 unspecified atom stereocenters. The molecule has 0 bridgehead atoms. The topological polar surface area (TPSA) is 70.4 Å². The fourth-order valence-electron chi connectivity index (χ4n) is 5.61. The molecule has 3 aromatic carbocycles. The Morgan fingerprint density at radius 2 is 1.85 bits per heavy atom. The summed E-state index contributed by atoms with van der Waals surface area (Å²) in [6.07, 6.45) is 1.22. The number of halogens is 5. The molecule has 1 saturated heterocycles. The second-order valence-electron chi connectivity index (χ2n) is 9.37. The van der Waals surface area contributed by atoms with Crippen molar-refractivity contribution in [2.75, 3.05) is 13.7 Å². The predicted octanol–water partition coefficient (Wildman–Crippen LogP) is 6.62.